The van der Waals surface area contributed by atoms with E-state index >= 15 is 0 Å². The van der Waals surface area contributed by atoms with Crippen LogP contribution >= 0.6 is 0 Å². The molecular weight excluding hydrogens is 190 g/mol. The maximum absolute atomic E-state index is 10.3. The first-order valence-electron chi connectivity index (χ1n) is 4.92. The Hall–Kier alpha value is -1.71. The third kappa shape index (κ3) is 4.35. The molecule has 15 heavy (non-hydrogen) atoms. The SMILES string of the molecule is CCc1cnc(C)[nH]1.O=C1C=CC=NC1. The first-order valence-corrected chi connectivity index (χ1v) is 4.92. The number of nitrogens with zero attached hydrogens (tertiary/aromatic N) is 2. The van der Waals surface area contributed by atoms with Gasteiger partial charge in [0.2, 0.25) is 0 Å². The molecular formula is C11H15N3O. The van der Waals surface area contributed by atoms with Crippen molar-refractivity contribution < 1.29 is 4.79 Å². The van der Waals surface area contributed by atoms with Gasteiger partial charge in [-0.1, -0.05) is 6.92 Å². The number of dihydropyridines is 1. The second kappa shape index (κ2) is 5.90. The van der Waals surface area contributed by atoms with Crippen LogP contribution in [0.25, 0.3) is 0 Å². The van der Waals surface area contributed by atoms with Crippen LogP contribution in [-0.4, -0.2) is 28.5 Å². The zero-order valence-electron chi connectivity index (χ0n) is 9.03. The van der Waals surface area contributed by atoms with Gasteiger partial charge in [-0.05, 0) is 25.5 Å². The molecule has 0 saturated heterocycles. The lowest BCUT2D eigenvalue weighted by Gasteiger charge is -1.88. The monoisotopic (exact) mass is 205 g/mol. The Kier molecular flexibility index (Phi) is 4.47. The quantitative estimate of drug-likeness (QED) is 0.754. The third-order valence-corrected chi connectivity index (χ3v) is 1.86. The molecule has 80 valence electrons. The Labute approximate surface area is 89.1 Å². The smallest absolute Gasteiger partial charge is 0.177 e. The minimum absolute atomic E-state index is 0.0856. The van der Waals surface area contributed by atoms with Crippen LogP contribution in [0.5, 0.6) is 0 Å². The Bertz CT molecular complexity index is 377. The van der Waals surface area contributed by atoms with Crippen LogP contribution in [0.1, 0.15) is 18.4 Å². The van der Waals surface area contributed by atoms with Crippen LogP contribution in [0.2, 0.25) is 0 Å². The van der Waals surface area contributed by atoms with E-state index in [1.165, 1.54) is 11.8 Å². The fourth-order valence-electron chi connectivity index (χ4n) is 1.06. The molecule has 0 bridgehead atoms. The number of hydrogen-bond donors (Lipinski definition) is 1. The number of aliphatic imine (C=N–C) groups is 1. The highest BCUT2D eigenvalue weighted by Gasteiger charge is 1.93. The van der Waals surface area contributed by atoms with Gasteiger partial charge in [0, 0.05) is 18.1 Å². The molecule has 0 radical (unpaired) electrons. The molecule has 1 aromatic heterocycles. The molecule has 1 aliphatic heterocycles. The van der Waals surface area contributed by atoms with Crippen LogP contribution in [0, 0.1) is 6.92 Å². The Morgan fingerprint density at radius 1 is 1.53 bits per heavy atom. The average Bonchev–Trinajstić information content (AvgIpc) is 2.66. The van der Waals surface area contributed by atoms with Crippen molar-refractivity contribution in [2.75, 3.05) is 6.54 Å². The molecule has 0 aliphatic carbocycles. The van der Waals surface area contributed by atoms with Crippen LogP contribution in [-0.2, 0) is 11.2 Å². The van der Waals surface area contributed by atoms with E-state index in [-0.39, 0.29) is 5.78 Å². The molecule has 1 aliphatic rings. The fourth-order valence-corrected chi connectivity index (χ4v) is 1.06. The molecule has 0 atom stereocenters. The molecule has 0 fully saturated rings. The number of ketones is 1. The summed E-state index contributed by atoms with van der Waals surface area (Å²) in [5.41, 5.74) is 1.21. The fraction of sp³-hybridized carbons (Fsp3) is 0.364. The van der Waals surface area contributed by atoms with Gasteiger partial charge in [0.15, 0.2) is 5.78 Å². The first-order chi connectivity index (χ1) is 7.22. The second-order valence-corrected chi connectivity index (χ2v) is 3.16. The van der Waals surface area contributed by atoms with E-state index < -0.39 is 0 Å². The number of carbonyl (C=O) groups is 1. The van der Waals surface area contributed by atoms with E-state index in [9.17, 15) is 4.79 Å². The normalized spacial score (nSPS) is 13.6. The highest BCUT2D eigenvalue weighted by Crippen LogP contribution is 1.94. The summed E-state index contributed by atoms with van der Waals surface area (Å²) in [5.74, 6) is 1.09. The summed E-state index contributed by atoms with van der Waals surface area (Å²) >= 11 is 0. The number of H-pyrrole nitrogens is 1. The number of hydrogen-bond acceptors (Lipinski definition) is 3. The average molecular weight is 205 g/mol. The number of nitrogens with one attached hydrogen (secondary N) is 1. The first kappa shape index (κ1) is 11.4. The van der Waals surface area contributed by atoms with E-state index in [1.54, 1.807) is 12.3 Å². The van der Waals surface area contributed by atoms with Gasteiger partial charge in [-0.25, -0.2) is 4.98 Å². The van der Waals surface area contributed by atoms with Gasteiger partial charge in [-0.15, -0.1) is 0 Å². The standard InChI is InChI=1S/C6H10N2.C5H5NO/c1-3-6-4-7-5(2)8-6;7-5-2-1-3-6-4-5/h4H,3H2,1-2H3,(H,7,8);1-3H,4H2. The van der Waals surface area contributed by atoms with Gasteiger partial charge in [0.25, 0.3) is 0 Å². The van der Waals surface area contributed by atoms with Crippen molar-refractivity contribution in [3.8, 4) is 0 Å². The van der Waals surface area contributed by atoms with Crippen molar-refractivity contribution in [2.24, 2.45) is 4.99 Å². The van der Waals surface area contributed by atoms with Gasteiger partial charge in [0.05, 0.1) is 0 Å². The lowest BCUT2D eigenvalue weighted by atomic mass is 10.3. The van der Waals surface area contributed by atoms with E-state index in [2.05, 4.69) is 21.9 Å². The highest BCUT2D eigenvalue weighted by atomic mass is 16.1. The number of carbonyl (C=O) groups excluding carboxylic acids is 1. The van der Waals surface area contributed by atoms with Crippen molar-refractivity contribution in [2.45, 2.75) is 20.3 Å². The second-order valence-electron chi connectivity index (χ2n) is 3.16. The lowest BCUT2D eigenvalue weighted by molar-refractivity contribution is -0.113. The Morgan fingerprint density at radius 2 is 2.33 bits per heavy atom. The van der Waals surface area contributed by atoms with E-state index in [0.29, 0.717) is 6.54 Å². The predicted molar refractivity (Wildman–Crippen MR) is 60.2 cm³/mol. The summed E-state index contributed by atoms with van der Waals surface area (Å²) in [6.45, 7) is 4.39. The molecule has 2 rings (SSSR count). The summed E-state index contributed by atoms with van der Waals surface area (Å²) in [5, 5.41) is 0. The molecule has 0 spiro atoms. The molecule has 2 heterocycles. The van der Waals surface area contributed by atoms with Crippen LogP contribution in [0.15, 0.2) is 23.3 Å². The van der Waals surface area contributed by atoms with E-state index in [0.717, 1.165) is 12.2 Å². The number of aryl methyl sites for hydroxylation is 2. The molecule has 0 saturated carbocycles. The number of allylic oxidation sites excluding steroid dienone is 1. The molecule has 4 nitrogen and oxygen atoms in total. The topological polar surface area (TPSA) is 58.1 Å². The van der Waals surface area contributed by atoms with Crippen molar-refractivity contribution in [3.05, 3.63) is 29.9 Å². The highest BCUT2D eigenvalue weighted by molar-refractivity contribution is 5.98. The van der Waals surface area contributed by atoms with Gasteiger partial charge in [-0.2, -0.15) is 0 Å². The number of rotatable bonds is 1. The van der Waals surface area contributed by atoms with Crippen molar-refractivity contribution >= 4 is 12.0 Å². The molecule has 0 unspecified atom stereocenters. The van der Waals surface area contributed by atoms with Crippen LogP contribution in [0.4, 0.5) is 0 Å². The zero-order chi connectivity index (χ0) is 11.1. The van der Waals surface area contributed by atoms with Crippen molar-refractivity contribution in [1.82, 2.24) is 9.97 Å². The van der Waals surface area contributed by atoms with Crippen LogP contribution in [0.3, 0.4) is 0 Å². The zero-order valence-corrected chi connectivity index (χ0v) is 9.03. The third-order valence-electron chi connectivity index (χ3n) is 1.86. The lowest BCUT2D eigenvalue weighted by Crippen LogP contribution is -2.00. The maximum atomic E-state index is 10.3. The number of aromatic nitrogens is 2. The minimum Gasteiger partial charge on any atom is -0.346 e. The van der Waals surface area contributed by atoms with Gasteiger partial charge >= 0.3 is 0 Å². The summed E-state index contributed by atoms with van der Waals surface area (Å²) in [6, 6.07) is 0. The van der Waals surface area contributed by atoms with Crippen LogP contribution < -0.4 is 0 Å². The summed E-state index contributed by atoms with van der Waals surface area (Å²) in [6.07, 6.45) is 7.70. The van der Waals surface area contributed by atoms with Crippen molar-refractivity contribution in [3.63, 3.8) is 0 Å². The van der Waals surface area contributed by atoms with E-state index in [1.807, 2.05) is 13.1 Å². The van der Waals surface area contributed by atoms with Crippen molar-refractivity contribution in [1.29, 1.82) is 0 Å². The summed E-state index contributed by atoms with van der Waals surface area (Å²) < 4.78 is 0. The van der Waals surface area contributed by atoms with E-state index in [4.69, 9.17) is 0 Å². The number of aromatic amines is 1. The molecule has 0 aromatic carbocycles. The molecule has 0 amide bonds. The molecule has 4 heteroatoms. The molecule has 1 aromatic rings. The Morgan fingerprint density at radius 3 is 2.60 bits per heavy atom. The number of imidazole rings is 1. The Balaban J connectivity index is 0.000000151. The van der Waals surface area contributed by atoms with Gasteiger partial charge in [-0.3, -0.25) is 9.79 Å². The minimum atomic E-state index is 0.0856. The maximum Gasteiger partial charge on any atom is 0.177 e. The van der Waals surface area contributed by atoms with Gasteiger partial charge in [0.1, 0.15) is 12.4 Å². The largest absolute Gasteiger partial charge is 0.346 e. The molecule has 1 N–H and O–H groups in total. The van der Waals surface area contributed by atoms with Gasteiger partial charge < -0.3 is 4.98 Å². The summed E-state index contributed by atoms with van der Waals surface area (Å²) in [7, 11) is 0. The summed E-state index contributed by atoms with van der Waals surface area (Å²) in [4.78, 5) is 21.1. The predicted octanol–water partition coefficient (Wildman–Crippen LogP) is 1.48.